The molecule has 1 amide bonds. The maximum atomic E-state index is 12.1. The van der Waals surface area contributed by atoms with Gasteiger partial charge in [-0.2, -0.15) is 0 Å². The molecule has 0 saturated heterocycles. The Labute approximate surface area is 114 Å². The minimum absolute atomic E-state index is 0.0285. The number of rotatable bonds is 6. The summed E-state index contributed by atoms with van der Waals surface area (Å²) in [5, 5.41) is 11.9. The molecular weight excluding hydrogens is 242 g/mol. The summed E-state index contributed by atoms with van der Waals surface area (Å²) < 4.78 is 5.48. The van der Waals surface area contributed by atoms with Crippen molar-refractivity contribution in [1.29, 1.82) is 0 Å². The van der Waals surface area contributed by atoms with Crippen molar-refractivity contribution in [2.75, 3.05) is 13.2 Å². The van der Waals surface area contributed by atoms with Crippen LogP contribution in [0.25, 0.3) is 0 Å². The standard InChI is InChI=1S/C15H23NO3/c1-5-19-14-8-13(7-6-10(14)2)15(18)16-12(4)11(3)9-17/h6-8,11-12,17H,5,9H2,1-4H3,(H,16,18). The number of ether oxygens (including phenoxy) is 1. The minimum atomic E-state index is -0.145. The lowest BCUT2D eigenvalue weighted by molar-refractivity contribution is 0.0916. The largest absolute Gasteiger partial charge is 0.494 e. The predicted octanol–water partition coefficient (Wildman–Crippen LogP) is 2.14. The fourth-order valence-corrected chi connectivity index (χ4v) is 1.64. The van der Waals surface area contributed by atoms with E-state index in [2.05, 4.69) is 5.32 Å². The van der Waals surface area contributed by atoms with E-state index in [1.165, 1.54) is 0 Å². The van der Waals surface area contributed by atoms with E-state index in [1.807, 2.05) is 33.8 Å². The number of benzene rings is 1. The third-order valence-electron chi connectivity index (χ3n) is 3.25. The first-order chi connectivity index (χ1) is 8.99. The lowest BCUT2D eigenvalue weighted by atomic mass is 10.0. The van der Waals surface area contributed by atoms with Gasteiger partial charge in [0.05, 0.1) is 6.61 Å². The molecule has 4 heteroatoms. The van der Waals surface area contributed by atoms with Gasteiger partial charge >= 0.3 is 0 Å². The molecular formula is C15H23NO3. The summed E-state index contributed by atoms with van der Waals surface area (Å²) in [6, 6.07) is 5.34. The van der Waals surface area contributed by atoms with E-state index >= 15 is 0 Å². The molecule has 2 N–H and O–H groups in total. The zero-order valence-corrected chi connectivity index (χ0v) is 12.1. The highest BCUT2D eigenvalue weighted by molar-refractivity contribution is 5.94. The Morgan fingerprint density at radius 2 is 2.11 bits per heavy atom. The number of carbonyl (C=O) groups excluding carboxylic acids is 1. The van der Waals surface area contributed by atoms with Gasteiger partial charge in [0, 0.05) is 18.2 Å². The van der Waals surface area contributed by atoms with Crippen molar-refractivity contribution in [2.45, 2.75) is 33.7 Å². The second-order valence-electron chi connectivity index (χ2n) is 4.84. The summed E-state index contributed by atoms with van der Waals surface area (Å²) in [4.78, 5) is 12.1. The van der Waals surface area contributed by atoms with Gasteiger partial charge < -0.3 is 15.2 Å². The van der Waals surface area contributed by atoms with Gasteiger partial charge in [-0.3, -0.25) is 4.79 Å². The number of nitrogens with one attached hydrogen (secondary N) is 1. The lowest BCUT2D eigenvalue weighted by Gasteiger charge is -2.19. The van der Waals surface area contributed by atoms with Crippen LogP contribution in [0.1, 0.15) is 36.7 Å². The Morgan fingerprint density at radius 1 is 1.42 bits per heavy atom. The van der Waals surface area contributed by atoms with Crippen LogP contribution in [0.5, 0.6) is 5.75 Å². The molecule has 1 rings (SSSR count). The van der Waals surface area contributed by atoms with Crippen LogP contribution in [0.2, 0.25) is 0 Å². The van der Waals surface area contributed by atoms with Crippen LogP contribution in [-0.4, -0.2) is 30.3 Å². The Bertz CT molecular complexity index is 431. The van der Waals surface area contributed by atoms with Crippen molar-refractivity contribution in [2.24, 2.45) is 5.92 Å². The molecule has 2 atom stereocenters. The minimum Gasteiger partial charge on any atom is -0.494 e. The van der Waals surface area contributed by atoms with E-state index < -0.39 is 0 Å². The summed E-state index contributed by atoms with van der Waals surface area (Å²) in [7, 11) is 0. The van der Waals surface area contributed by atoms with Gasteiger partial charge in [0.2, 0.25) is 0 Å². The fourth-order valence-electron chi connectivity index (χ4n) is 1.64. The second kappa shape index (κ2) is 7.14. The zero-order chi connectivity index (χ0) is 14.4. The van der Waals surface area contributed by atoms with E-state index in [0.717, 1.165) is 11.3 Å². The Morgan fingerprint density at radius 3 is 2.68 bits per heavy atom. The summed E-state index contributed by atoms with van der Waals surface area (Å²) in [6.45, 7) is 8.27. The monoisotopic (exact) mass is 265 g/mol. The molecule has 0 bridgehead atoms. The van der Waals surface area contributed by atoms with E-state index in [9.17, 15) is 4.79 Å². The van der Waals surface area contributed by atoms with Gasteiger partial charge in [-0.15, -0.1) is 0 Å². The molecule has 106 valence electrons. The summed E-state index contributed by atoms with van der Waals surface area (Å²) in [5.41, 5.74) is 1.58. The van der Waals surface area contributed by atoms with E-state index in [4.69, 9.17) is 9.84 Å². The molecule has 0 aliphatic heterocycles. The van der Waals surface area contributed by atoms with Crippen LogP contribution in [0.3, 0.4) is 0 Å². The maximum absolute atomic E-state index is 12.1. The number of amides is 1. The summed E-state index contributed by atoms with van der Waals surface area (Å²) in [6.07, 6.45) is 0. The number of hydrogen-bond acceptors (Lipinski definition) is 3. The Balaban J connectivity index is 2.79. The van der Waals surface area contributed by atoms with Gasteiger partial charge in [0.25, 0.3) is 5.91 Å². The first kappa shape index (κ1) is 15.5. The number of carbonyl (C=O) groups is 1. The van der Waals surface area contributed by atoms with Gasteiger partial charge in [-0.25, -0.2) is 0 Å². The molecule has 4 nitrogen and oxygen atoms in total. The highest BCUT2D eigenvalue weighted by Crippen LogP contribution is 2.19. The molecule has 0 fully saturated rings. The number of aliphatic hydroxyl groups excluding tert-OH is 1. The van der Waals surface area contributed by atoms with Crippen LogP contribution in [-0.2, 0) is 0 Å². The van der Waals surface area contributed by atoms with Crippen LogP contribution >= 0.6 is 0 Å². The number of hydrogen-bond donors (Lipinski definition) is 2. The first-order valence-corrected chi connectivity index (χ1v) is 6.64. The highest BCUT2D eigenvalue weighted by atomic mass is 16.5. The number of aliphatic hydroxyl groups is 1. The molecule has 0 aromatic heterocycles. The van der Waals surface area contributed by atoms with Crippen molar-refractivity contribution in [3.63, 3.8) is 0 Å². The molecule has 1 aromatic carbocycles. The van der Waals surface area contributed by atoms with E-state index in [-0.39, 0.29) is 24.5 Å². The van der Waals surface area contributed by atoms with E-state index in [0.29, 0.717) is 12.2 Å². The Kier molecular flexibility index (Phi) is 5.83. The molecule has 0 aliphatic carbocycles. The van der Waals surface area contributed by atoms with Gasteiger partial charge in [0.15, 0.2) is 0 Å². The first-order valence-electron chi connectivity index (χ1n) is 6.64. The average Bonchev–Trinajstić information content (AvgIpc) is 2.40. The predicted molar refractivity (Wildman–Crippen MR) is 75.5 cm³/mol. The van der Waals surface area contributed by atoms with Crippen molar-refractivity contribution in [3.05, 3.63) is 29.3 Å². The third kappa shape index (κ3) is 4.24. The molecule has 0 aliphatic rings. The molecule has 0 saturated carbocycles. The lowest BCUT2D eigenvalue weighted by Crippen LogP contribution is -2.38. The van der Waals surface area contributed by atoms with Gasteiger partial charge in [-0.1, -0.05) is 13.0 Å². The third-order valence-corrected chi connectivity index (χ3v) is 3.25. The van der Waals surface area contributed by atoms with Crippen molar-refractivity contribution in [3.8, 4) is 5.75 Å². The van der Waals surface area contributed by atoms with Crippen molar-refractivity contribution in [1.82, 2.24) is 5.32 Å². The highest BCUT2D eigenvalue weighted by Gasteiger charge is 2.15. The Hall–Kier alpha value is -1.55. The molecule has 1 aromatic rings. The average molecular weight is 265 g/mol. The van der Waals surface area contributed by atoms with Gasteiger partial charge in [0.1, 0.15) is 5.75 Å². The fraction of sp³-hybridized carbons (Fsp3) is 0.533. The molecule has 0 spiro atoms. The molecule has 0 heterocycles. The van der Waals surface area contributed by atoms with Crippen LogP contribution in [0.4, 0.5) is 0 Å². The topological polar surface area (TPSA) is 58.6 Å². The smallest absolute Gasteiger partial charge is 0.251 e. The van der Waals surface area contributed by atoms with Gasteiger partial charge in [-0.05, 0) is 44.4 Å². The SMILES string of the molecule is CCOc1cc(C(=O)NC(C)C(C)CO)ccc1C. The van der Waals surface area contributed by atoms with Crippen LogP contribution in [0, 0.1) is 12.8 Å². The summed E-state index contributed by atoms with van der Waals surface area (Å²) in [5.74, 6) is 0.618. The molecule has 0 radical (unpaired) electrons. The normalized spacial score (nSPS) is 13.7. The zero-order valence-electron chi connectivity index (χ0n) is 12.1. The molecule has 19 heavy (non-hydrogen) atoms. The van der Waals surface area contributed by atoms with Crippen LogP contribution in [0.15, 0.2) is 18.2 Å². The van der Waals surface area contributed by atoms with E-state index in [1.54, 1.807) is 12.1 Å². The summed E-state index contributed by atoms with van der Waals surface area (Å²) >= 11 is 0. The maximum Gasteiger partial charge on any atom is 0.251 e. The number of aryl methyl sites for hydroxylation is 1. The van der Waals surface area contributed by atoms with Crippen LogP contribution < -0.4 is 10.1 Å². The van der Waals surface area contributed by atoms with Crippen molar-refractivity contribution >= 4 is 5.91 Å². The quantitative estimate of drug-likeness (QED) is 0.828. The molecule has 2 unspecified atom stereocenters. The second-order valence-corrected chi connectivity index (χ2v) is 4.84. The van der Waals surface area contributed by atoms with Crippen molar-refractivity contribution < 1.29 is 14.6 Å².